The summed E-state index contributed by atoms with van der Waals surface area (Å²) in [7, 11) is -0.657. The van der Waals surface area contributed by atoms with Crippen LogP contribution in [0.4, 0.5) is 5.69 Å². The molecule has 0 aliphatic rings. The van der Waals surface area contributed by atoms with Crippen LogP contribution in [-0.4, -0.2) is 39.9 Å². The molecule has 0 bridgehead atoms. The number of likely N-dealkylation sites (N-methyl/N-ethyl adjacent to an activating group) is 1. The second-order valence-corrected chi connectivity index (χ2v) is 8.37. The number of benzene rings is 2. The van der Waals surface area contributed by atoms with Crippen LogP contribution in [0.1, 0.15) is 5.56 Å². The van der Waals surface area contributed by atoms with Crippen molar-refractivity contribution in [3.63, 3.8) is 0 Å². The van der Waals surface area contributed by atoms with Gasteiger partial charge in [0.05, 0.1) is 10.6 Å². The molecular formula is C17H19BrN2O3S. The van der Waals surface area contributed by atoms with Crippen LogP contribution in [0, 0.1) is 6.92 Å². The second-order valence-electron chi connectivity index (χ2n) is 5.59. The highest BCUT2D eigenvalue weighted by atomic mass is 79.9. The maximum Gasteiger partial charge on any atom is 0.264 e. The summed E-state index contributed by atoms with van der Waals surface area (Å²) in [6, 6.07) is 13.4. The van der Waals surface area contributed by atoms with Crippen LogP contribution in [0.5, 0.6) is 0 Å². The van der Waals surface area contributed by atoms with Crippen molar-refractivity contribution in [2.24, 2.45) is 0 Å². The number of aryl methyl sites for hydroxylation is 1. The molecule has 2 rings (SSSR count). The molecule has 2 aromatic rings. The summed E-state index contributed by atoms with van der Waals surface area (Å²) in [4.78, 5) is 13.7. The van der Waals surface area contributed by atoms with Crippen LogP contribution in [0.3, 0.4) is 0 Å². The molecule has 0 radical (unpaired) electrons. The van der Waals surface area contributed by atoms with Crippen molar-refractivity contribution in [1.82, 2.24) is 4.90 Å². The first-order chi connectivity index (χ1) is 11.2. The lowest BCUT2D eigenvalue weighted by molar-refractivity contribution is -0.127. The number of halogens is 1. The predicted octanol–water partition coefficient (Wildman–Crippen LogP) is 3.04. The van der Waals surface area contributed by atoms with Crippen molar-refractivity contribution >= 4 is 37.5 Å². The molecule has 24 heavy (non-hydrogen) atoms. The third-order valence-electron chi connectivity index (χ3n) is 3.48. The van der Waals surface area contributed by atoms with Gasteiger partial charge in [-0.3, -0.25) is 9.10 Å². The number of hydrogen-bond acceptors (Lipinski definition) is 3. The largest absolute Gasteiger partial charge is 0.347 e. The zero-order valence-electron chi connectivity index (χ0n) is 13.7. The van der Waals surface area contributed by atoms with E-state index >= 15 is 0 Å². The zero-order valence-corrected chi connectivity index (χ0v) is 16.1. The van der Waals surface area contributed by atoms with E-state index in [1.165, 1.54) is 4.90 Å². The second kappa shape index (κ2) is 7.36. The number of carbonyl (C=O) groups excluding carboxylic acids is 1. The molecule has 0 unspecified atom stereocenters. The van der Waals surface area contributed by atoms with Gasteiger partial charge in [0.15, 0.2) is 0 Å². The Morgan fingerprint density at radius 3 is 2.25 bits per heavy atom. The standard InChI is InChI=1S/C17H19BrN2O3S/c1-13-7-9-16(10-8-13)24(22,23)20(12-17(21)19(2)3)15-6-4-5-14(18)11-15/h4-11H,12H2,1-3H3. The molecule has 0 saturated carbocycles. The third kappa shape index (κ3) is 4.15. The van der Waals surface area contributed by atoms with Crippen molar-refractivity contribution in [1.29, 1.82) is 0 Å². The molecule has 1 amide bonds. The van der Waals surface area contributed by atoms with Crippen LogP contribution < -0.4 is 4.31 Å². The number of sulfonamides is 1. The summed E-state index contributed by atoms with van der Waals surface area (Å²) in [5.74, 6) is -0.300. The first-order valence-electron chi connectivity index (χ1n) is 7.27. The highest BCUT2D eigenvalue weighted by Crippen LogP contribution is 2.26. The van der Waals surface area contributed by atoms with Crippen molar-refractivity contribution in [2.45, 2.75) is 11.8 Å². The Bertz CT molecular complexity index is 833. The molecule has 0 heterocycles. The SMILES string of the molecule is Cc1ccc(S(=O)(=O)N(CC(=O)N(C)C)c2cccc(Br)c2)cc1. The Hall–Kier alpha value is -1.86. The monoisotopic (exact) mass is 410 g/mol. The van der Waals surface area contributed by atoms with Gasteiger partial charge in [-0.15, -0.1) is 0 Å². The summed E-state index contributed by atoms with van der Waals surface area (Å²) in [6.45, 7) is 1.62. The minimum atomic E-state index is -3.85. The van der Waals surface area contributed by atoms with E-state index in [0.29, 0.717) is 5.69 Å². The topological polar surface area (TPSA) is 57.7 Å². The van der Waals surface area contributed by atoms with Crippen LogP contribution >= 0.6 is 15.9 Å². The first kappa shape index (κ1) is 18.5. The van der Waals surface area contributed by atoms with Gasteiger partial charge >= 0.3 is 0 Å². The lowest BCUT2D eigenvalue weighted by Gasteiger charge is -2.25. The van der Waals surface area contributed by atoms with E-state index in [9.17, 15) is 13.2 Å². The number of carbonyl (C=O) groups is 1. The van der Waals surface area contributed by atoms with Crippen molar-refractivity contribution in [3.05, 3.63) is 58.6 Å². The number of nitrogens with zero attached hydrogens (tertiary/aromatic N) is 2. The highest BCUT2D eigenvalue weighted by Gasteiger charge is 2.27. The normalized spacial score (nSPS) is 11.2. The Kier molecular flexibility index (Phi) is 5.66. The molecule has 0 saturated heterocycles. The molecule has 128 valence electrons. The number of rotatable bonds is 5. The van der Waals surface area contributed by atoms with Crippen molar-refractivity contribution < 1.29 is 13.2 Å². The molecule has 0 atom stereocenters. The van der Waals surface area contributed by atoms with E-state index in [1.807, 2.05) is 6.92 Å². The average molecular weight is 411 g/mol. The van der Waals surface area contributed by atoms with E-state index in [1.54, 1.807) is 62.6 Å². The highest BCUT2D eigenvalue weighted by molar-refractivity contribution is 9.10. The zero-order chi connectivity index (χ0) is 17.9. The quantitative estimate of drug-likeness (QED) is 0.760. The molecule has 0 fully saturated rings. The molecular weight excluding hydrogens is 392 g/mol. The fourth-order valence-electron chi connectivity index (χ4n) is 2.05. The van der Waals surface area contributed by atoms with Crippen molar-refractivity contribution in [3.8, 4) is 0 Å². The molecule has 7 heteroatoms. The van der Waals surface area contributed by atoms with E-state index < -0.39 is 10.0 Å². The summed E-state index contributed by atoms with van der Waals surface area (Å²) in [5, 5.41) is 0. The van der Waals surface area contributed by atoms with Crippen molar-refractivity contribution in [2.75, 3.05) is 24.9 Å². The van der Waals surface area contributed by atoms with Gasteiger partial charge in [-0.05, 0) is 37.3 Å². The Morgan fingerprint density at radius 1 is 1.08 bits per heavy atom. The van der Waals surface area contributed by atoms with Gasteiger partial charge in [0.25, 0.3) is 10.0 Å². The molecule has 0 aliphatic carbocycles. The van der Waals surface area contributed by atoms with Gasteiger partial charge in [0, 0.05) is 18.6 Å². The third-order valence-corrected chi connectivity index (χ3v) is 5.76. The Labute approximate surface area is 151 Å². The van der Waals surface area contributed by atoms with Gasteiger partial charge in [0.2, 0.25) is 5.91 Å². The minimum absolute atomic E-state index is 0.152. The number of hydrogen-bond donors (Lipinski definition) is 0. The summed E-state index contributed by atoms with van der Waals surface area (Å²) in [6.07, 6.45) is 0. The fourth-order valence-corrected chi connectivity index (χ4v) is 3.84. The number of amides is 1. The van der Waals surface area contributed by atoms with E-state index in [4.69, 9.17) is 0 Å². The van der Waals surface area contributed by atoms with Gasteiger partial charge in [-0.25, -0.2) is 8.42 Å². The van der Waals surface area contributed by atoms with Gasteiger partial charge in [-0.1, -0.05) is 39.7 Å². The van der Waals surface area contributed by atoms with Crippen LogP contribution in [-0.2, 0) is 14.8 Å². The summed E-state index contributed by atoms with van der Waals surface area (Å²) in [5.41, 5.74) is 1.40. The van der Waals surface area contributed by atoms with Gasteiger partial charge in [0.1, 0.15) is 6.54 Å². The maximum absolute atomic E-state index is 13.1. The molecule has 0 spiro atoms. The minimum Gasteiger partial charge on any atom is -0.347 e. The Morgan fingerprint density at radius 2 is 1.71 bits per heavy atom. The van der Waals surface area contributed by atoms with Gasteiger partial charge in [-0.2, -0.15) is 0 Å². The number of anilines is 1. The summed E-state index contributed by atoms with van der Waals surface area (Å²) < 4.78 is 28.0. The smallest absolute Gasteiger partial charge is 0.264 e. The van der Waals surface area contributed by atoms with Crippen LogP contribution in [0.15, 0.2) is 57.9 Å². The summed E-state index contributed by atoms with van der Waals surface area (Å²) >= 11 is 3.34. The predicted molar refractivity (Wildman–Crippen MR) is 98.5 cm³/mol. The molecule has 2 aromatic carbocycles. The molecule has 0 aromatic heterocycles. The lowest BCUT2D eigenvalue weighted by Crippen LogP contribution is -2.40. The Balaban J connectivity index is 2.52. The fraction of sp³-hybridized carbons (Fsp3) is 0.235. The maximum atomic E-state index is 13.1. The molecule has 0 aliphatic heterocycles. The average Bonchev–Trinajstić information content (AvgIpc) is 2.52. The van der Waals surface area contributed by atoms with E-state index in [-0.39, 0.29) is 17.3 Å². The van der Waals surface area contributed by atoms with Crippen LogP contribution in [0.2, 0.25) is 0 Å². The van der Waals surface area contributed by atoms with Crippen LogP contribution in [0.25, 0.3) is 0 Å². The van der Waals surface area contributed by atoms with Gasteiger partial charge < -0.3 is 4.90 Å². The lowest BCUT2D eigenvalue weighted by atomic mass is 10.2. The molecule has 5 nitrogen and oxygen atoms in total. The van der Waals surface area contributed by atoms with E-state index in [0.717, 1.165) is 14.3 Å². The molecule has 0 N–H and O–H groups in total. The van der Waals surface area contributed by atoms with E-state index in [2.05, 4.69) is 15.9 Å². The first-order valence-corrected chi connectivity index (χ1v) is 9.50.